The second kappa shape index (κ2) is 6.34. The Morgan fingerprint density at radius 3 is 2.41 bits per heavy atom. The predicted molar refractivity (Wildman–Crippen MR) is 74.3 cm³/mol. The number of methoxy groups -OCH3 is 1. The van der Waals surface area contributed by atoms with Gasteiger partial charge in [-0.1, -0.05) is 12.1 Å². The molecule has 114 valence electrons. The van der Waals surface area contributed by atoms with E-state index in [2.05, 4.69) is 0 Å². The highest BCUT2D eigenvalue weighted by atomic mass is 19.2. The fourth-order valence-electron chi connectivity index (χ4n) is 1.80. The number of phenols is 1. The van der Waals surface area contributed by atoms with Gasteiger partial charge in [-0.2, -0.15) is 0 Å². The molecule has 22 heavy (non-hydrogen) atoms. The summed E-state index contributed by atoms with van der Waals surface area (Å²) in [5.74, 6) is -5.22. The van der Waals surface area contributed by atoms with Crippen LogP contribution in [-0.2, 0) is 0 Å². The summed E-state index contributed by atoms with van der Waals surface area (Å²) in [4.78, 5) is 11.8. The molecule has 0 spiro atoms. The molecule has 0 saturated carbocycles. The van der Waals surface area contributed by atoms with E-state index in [1.807, 2.05) is 0 Å². The number of benzene rings is 2. The molecule has 0 unspecified atom stereocenters. The van der Waals surface area contributed by atoms with Gasteiger partial charge in [0.15, 0.2) is 34.7 Å². The van der Waals surface area contributed by atoms with Crippen molar-refractivity contribution in [2.24, 2.45) is 0 Å². The number of ketones is 1. The Morgan fingerprint density at radius 1 is 1.18 bits per heavy atom. The lowest BCUT2D eigenvalue weighted by molar-refractivity contribution is 0.104. The van der Waals surface area contributed by atoms with Crippen LogP contribution in [0.4, 0.5) is 13.2 Å². The molecule has 0 aliphatic heterocycles. The predicted octanol–water partition coefficient (Wildman–Crippen LogP) is 3.71. The molecule has 0 fully saturated rings. The van der Waals surface area contributed by atoms with Gasteiger partial charge in [-0.15, -0.1) is 0 Å². The summed E-state index contributed by atoms with van der Waals surface area (Å²) in [6.45, 7) is 0. The lowest BCUT2D eigenvalue weighted by Gasteiger charge is -2.05. The quantitative estimate of drug-likeness (QED) is 0.532. The second-order valence-electron chi connectivity index (χ2n) is 4.35. The Morgan fingerprint density at radius 2 is 1.82 bits per heavy atom. The van der Waals surface area contributed by atoms with Gasteiger partial charge in [-0.3, -0.25) is 4.79 Å². The molecular weight excluding hydrogens is 297 g/mol. The Hall–Kier alpha value is -2.76. The summed E-state index contributed by atoms with van der Waals surface area (Å²) in [6.07, 6.45) is 2.28. The summed E-state index contributed by atoms with van der Waals surface area (Å²) in [5.41, 5.74) is -0.0502. The van der Waals surface area contributed by atoms with Crippen LogP contribution in [0.5, 0.6) is 11.5 Å². The molecule has 0 bridgehead atoms. The van der Waals surface area contributed by atoms with Crippen molar-refractivity contribution >= 4 is 11.9 Å². The van der Waals surface area contributed by atoms with E-state index in [9.17, 15) is 23.1 Å². The van der Waals surface area contributed by atoms with Crippen LogP contribution in [0.2, 0.25) is 0 Å². The number of carbonyl (C=O) groups is 1. The van der Waals surface area contributed by atoms with Gasteiger partial charge in [-0.25, -0.2) is 13.2 Å². The fourth-order valence-corrected chi connectivity index (χ4v) is 1.80. The minimum atomic E-state index is -1.63. The molecule has 0 aliphatic carbocycles. The maximum Gasteiger partial charge on any atom is 0.194 e. The molecule has 2 aromatic carbocycles. The zero-order valence-corrected chi connectivity index (χ0v) is 11.4. The summed E-state index contributed by atoms with van der Waals surface area (Å²) < 4.78 is 43.9. The van der Waals surface area contributed by atoms with Crippen LogP contribution in [0.3, 0.4) is 0 Å². The summed E-state index contributed by atoms with van der Waals surface area (Å²) in [7, 11) is 1.37. The molecule has 0 aliphatic rings. The first-order chi connectivity index (χ1) is 10.4. The van der Waals surface area contributed by atoms with Crippen molar-refractivity contribution in [3.8, 4) is 11.5 Å². The summed E-state index contributed by atoms with van der Waals surface area (Å²) in [5, 5.41) is 9.84. The number of hydrogen-bond acceptors (Lipinski definition) is 3. The number of ether oxygens (including phenoxy) is 1. The second-order valence-corrected chi connectivity index (χ2v) is 4.35. The zero-order chi connectivity index (χ0) is 16.3. The minimum absolute atomic E-state index is 0.175. The first-order valence-corrected chi connectivity index (χ1v) is 6.17. The average Bonchev–Trinajstić information content (AvgIpc) is 2.50. The molecule has 0 radical (unpaired) electrons. The van der Waals surface area contributed by atoms with E-state index in [4.69, 9.17) is 4.74 Å². The standard InChI is InChI=1S/C16H11F3O3/c1-22-14-4-2-3-9(16(14)21)5-6-13(20)10-7-11(17)15(19)12(18)8-10/h2-8,21H,1H3/b6-5+. The van der Waals surface area contributed by atoms with Crippen molar-refractivity contribution in [3.63, 3.8) is 0 Å². The fraction of sp³-hybridized carbons (Fsp3) is 0.0625. The van der Waals surface area contributed by atoms with Crippen molar-refractivity contribution in [2.45, 2.75) is 0 Å². The van der Waals surface area contributed by atoms with E-state index in [1.165, 1.54) is 25.3 Å². The van der Waals surface area contributed by atoms with Crippen LogP contribution < -0.4 is 4.74 Å². The number of hydrogen-bond donors (Lipinski definition) is 1. The third-order valence-corrected chi connectivity index (χ3v) is 2.93. The van der Waals surface area contributed by atoms with Crippen LogP contribution in [0.25, 0.3) is 6.08 Å². The largest absolute Gasteiger partial charge is 0.504 e. The van der Waals surface area contributed by atoms with Crippen LogP contribution in [0.1, 0.15) is 15.9 Å². The SMILES string of the molecule is COc1cccc(/C=C/C(=O)c2cc(F)c(F)c(F)c2)c1O. The lowest BCUT2D eigenvalue weighted by atomic mass is 10.1. The van der Waals surface area contributed by atoms with E-state index in [-0.39, 0.29) is 22.6 Å². The molecule has 0 saturated heterocycles. The van der Waals surface area contributed by atoms with Gasteiger partial charge in [0.05, 0.1) is 7.11 Å². The smallest absolute Gasteiger partial charge is 0.194 e. The molecule has 0 aromatic heterocycles. The Bertz CT molecular complexity index is 731. The van der Waals surface area contributed by atoms with E-state index in [1.54, 1.807) is 6.07 Å². The highest BCUT2D eigenvalue weighted by Crippen LogP contribution is 2.30. The molecule has 0 amide bonds. The monoisotopic (exact) mass is 308 g/mol. The van der Waals surface area contributed by atoms with E-state index in [0.717, 1.165) is 6.08 Å². The lowest BCUT2D eigenvalue weighted by Crippen LogP contribution is -2.00. The first kappa shape index (κ1) is 15.6. The molecule has 2 rings (SSSR count). The van der Waals surface area contributed by atoms with Crippen LogP contribution in [0, 0.1) is 17.5 Å². The van der Waals surface area contributed by atoms with Gasteiger partial charge < -0.3 is 9.84 Å². The van der Waals surface area contributed by atoms with Gasteiger partial charge >= 0.3 is 0 Å². The molecule has 6 heteroatoms. The summed E-state index contributed by atoms with van der Waals surface area (Å²) >= 11 is 0. The molecular formula is C16H11F3O3. The first-order valence-electron chi connectivity index (χ1n) is 6.17. The molecule has 0 atom stereocenters. The number of rotatable bonds is 4. The number of aromatic hydroxyl groups is 1. The van der Waals surface area contributed by atoms with E-state index < -0.39 is 23.2 Å². The van der Waals surface area contributed by atoms with Crippen LogP contribution in [0.15, 0.2) is 36.4 Å². The van der Waals surface area contributed by atoms with Gasteiger partial charge in [0, 0.05) is 11.1 Å². The molecule has 1 N–H and O–H groups in total. The van der Waals surface area contributed by atoms with Crippen molar-refractivity contribution in [2.75, 3.05) is 7.11 Å². The third kappa shape index (κ3) is 3.11. The van der Waals surface area contributed by atoms with Crippen molar-refractivity contribution in [3.05, 3.63) is 65.0 Å². The summed E-state index contributed by atoms with van der Waals surface area (Å²) in [6, 6.07) is 5.86. The zero-order valence-electron chi connectivity index (χ0n) is 11.4. The number of allylic oxidation sites excluding steroid dienone is 1. The number of carbonyl (C=O) groups excluding carboxylic acids is 1. The maximum absolute atomic E-state index is 13.1. The van der Waals surface area contributed by atoms with Crippen molar-refractivity contribution in [1.29, 1.82) is 0 Å². The Kier molecular flexibility index (Phi) is 4.50. The maximum atomic E-state index is 13.1. The van der Waals surface area contributed by atoms with Crippen molar-refractivity contribution < 1.29 is 27.8 Å². The molecule has 3 nitrogen and oxygen atoms in total. The number of para-hydroxylation sites is 1. The van der Waals surface area contributed by atoms with Gasteiger partial charge in [-0.05, 0) is 30.4 Å². The average molecular weight is 308 g/mol. The van der Waals surface area contributed by atoms with Crippen LogP contribution >= 0.6 is 0 Å². The number of phenolic OH excluding ortho intramolecular Hbond substituents is 1. The van der Waals surface area contributed by atoms with Gasteiger partial charge in [0.1, 0.15) is 0 Å². The highest BCUT2D eigenvalue weighted by Gasteiger charge is 2.13. The molecule has 0 heterocycles. The Balaban J connectivity index is 2.29. The third-order valence-electron chi connectivity index (χ3n) is 2.93. The highest BCUT2D eigenvalue weighted by molar-refractivity contribution is 6.07. The van der Waals surface area contributed by atoms with E-state index in [0.29, 0.717) is 12.1 Å². The van der Waals surface area contributed by atoms with Crippen LogP contribution in [-0.4, -0.2) is 18.0 Å². The molecule has 2 aromatic rings. The van der Waals surface area contributed by atoms with Gasteiger partial charge in [0.25, 0.3) is 0 Å². The normalized spacial score (nSPS) is 10.9. The van der Waals surface area contributed by atoms with Crippen molar-refractivity contribution in [1.82, 2.24) is 0 Å². The number of halogens is 3. The topological polar surface area (TPSA) is 46.5 Å². The Labute approximate surface area is 124 Å². The minimum Gasteiger partial charge on any atom is -0.504 e. The van der Waals surface area contributed by atoms with Gasteiger partial charge in [0.2, 0.25) is 0 Å². The van der Waals surface area contributed by atoms with E-state index >= 15 is 0 Å².